The molecule has 1 aromatic carbocycles. The summed E-state index contributed by atoms with van der Waals surface area (Å²) >= 11 is 2.87. The van der Waals surface area contributed by atoms with E-state index in [9.17, 15) is 14.4 Å². The van der Waals surface area contributed by atoms with Crippen molar-refractivity contribution in [3.63, 3.8) is 0 Å². The Balaban J connectivity index is 1.76. The number of hydrogen-bond acceptors (Lipinski definition) is 6. The Morgan fingerprint density at radius 3 is 2.40 bits per heavy atom. The number of amides is 1. The fraction of sp³-hybridized carbons (Fsp3) is 0.261. The van der Waals surface area contributed by atoms with E-state index in [1.165, 1.54) is 22.7 Å². The molecule has 156 valence electrons. The highest BCUT2D eigenvalue weighted by atomic mass is 32.1. The third kappa shape index (κ3) is 5.04. The molecular weight excluding hydrogens is 418 g/mol. The number of carbonyl (C=O) groups is 3. The van der Waals surface area contributed by atoms with Crippen molar-refractivity contribution in [3.05, 3.63) is 63.3 Å². The number of benzene rings is 1. The Labute approximate surface area is 183 Å². The molecule has 2 heterocycles. The van der Waals surface area contributed by atoms with Crippen molar-refractivity contribution in [2.75, 3.05) is 11.9 Å². The van der Waals surface area contributed by atoms with Crippen molar-refractivity contribution in [1.82, 2.24) is 0 Å². The van der Waals surface area contributed by atoms with Gasteiger partial charge in [-0.1, -0.05) is 35.9 Å². The van der Waals surface area contributed by atoms with Gasteiger partial charge in [0.2, 0.25) is 5.91 Å². The predicted octanol–water partition coefficient (Wildman–Crippen LogP) is 5.87. The van der Waals surface area contributed by atoms with Crippen LogP contribution < -0.4 is 5.32 Å². The van der Waals surface area contributed by atoms with E-state index in [1.54, 1.807) is 19.1 Å². The second-order valence-corrected chi connectivity index (χ2v) is 8.94. The normalized spacial score (nSPS) is 10.6. The third-order valence-electron chi connectivity index (χ3n) is 4.54. The fourth-order valence-electron chi connectivity index (χ4n) is 3.05. The van der Waals surface area contributed by atoms with Gasteiger partial charge in [0.1, 0.15) is 10.6 Å². The molecule has 1 N–H and O–H groups in total. The summed E-state index contributed by atoms with van der Waals surface area (Å²) in [5.74, 6) is -0.853. The van der Waals surface area contributed by atoms with Gasteiger partial charge >= 0.3 is 5.97 Å². The lowest BCUT2D eigenvalue weighted by Gasteiger charge is -2.08. The average Bonchev–Trinajstić information content (AvgIpc) is 3.34. The summed E-state index contributed by atoms with van der Waals surface area (Å²) in [4.78, 5) is 39.4. The van der Waals surface area contributed by atoms with Gasteiger partial charge in [0, 0.05) is 33.7 Å². The zero-order valence-electron chi connectivity index (χ0n) is 17.1. The van der Waals surface area contributed by atoms with Crippen molar-refractivity contribution >= 4 is 45.3 Å². The standard InChI is InChI=1S/C23H23NO4S2/c1-4-28-23(27)21-20(18-6-5-13-29-18)15(3)30-22(21)24-19(26)12-11-17(25)16-9-7-14(2)8-10-16/h5-10,13H,4,11-12H2,1-3H3,(H,24,26). The van der Waals surface area contributed by atoms with Crippen molar-refractivity contribution < 1.29 is 19.1 Å². The number of anilines is 1. The summed E-state index contributed by atoms with van der Waals surface area (Å²) < 4.78 is 5.23. The number of carbonyl (C=O) groups excluding carboxylic acids is 3. The molecule has 0 aliphatic heterocycles. The zero-order chi connectivity index (χ0) is 21.7. The summed E-state index contributed by atoms with van der Waals surface area (Å²) in [7, 11) is 0. The molecule has 0 aliphatic carbocycles. The summed E-state index contributed by atoms with van der Waals surface area (Å²) in [6, 6.07) is 11.1. The molecule has 1 amide bonds. The highest BCUT2D eigenvalue weighted by molar-refractivity contribution is 7.18. The molecule has 0 saturated carbocycles. The van der Waals surface area contributed by atoms with Crippen molar-refractivity contribution in [2.24, 2.45) is 0 Å². The van der Waals surface area contributed by atoms with E-state index < -0.39 is 5.97 Å². The van der Waals surface area contributed by atoms with Gasteiger partial charge in [-0.05, 0) is 32.2 Å². The van der Waals surface area contributed by atoms with E-state index in [1.807, 2.05) is 43.5 Å². The number of aryl methyl sites for hydroxylation is 2. The maximum Gasteiger partial charge on any atom is 0.341 e. The van der Waals surface area contributed by atoms with Crippen molar-refractivity contribution in [2.45, 2.75) is 33.6 Å². The number of thiophene rings is 2. The summed E-state index contributed by atoms with van der Waals surface area (Å²) in [6.45, 7) is 5.86. The molecule has 0 spiro atoms. The molecule has 0 fully saturated rings. The lowest BCUT2D eigenvalue weighted by atomic mass is 10.0. The number of ether oxygens (including phenoxy) is 1. The van der Waals surface area contributed by atoms with Gasteiger partial charge in [0.25, 0.3) is 0 Å². The molecule has 30 heavy (non-hydrogen) atoms. The molecule has 3 aromatic rings. The Morgan fingerprint density at radius 1 is 1.03 bits per heavy atom. The van der Waals surface area contributed by atoms with Crippen LogP contribution >= 0.6 is 22.7 Å². The molecule has 5 nitrogen and oxygen atoms in total. The Hall–Kier alpha value is -2.77. The number of hydrogen-bond donors (Lipinski definition) is 1. The van der Waals surface area contributed by atoms with E-state index in [0.29, 0.717) is 16.1 Å². The second kappa shape index (κ2) is 9.82. The monoisotopic (exact) mass is 441 g/mol. The van der Waals surface area contributed by atoms with Crippen LogP contribution in [0, 0.1) is 13.8 Å². The van der Waals surface area contributed by atoms with Crippen molar-refractivity contribution in [1.29, 1.82) is 0 Å². The van der Waals surface area contributed by atoms with E-state index in [0.717, 1.165) is 20.9 Å². The zero-order valence-corrected chi connectivity index (χ0v) is 18.7. The molecule has 0 bridgehead atoms. The SMILES string of the molecule is CCOC(=O)c1c(NC(=O)CCC(=O)c2ccc(C)cc2)sc(C)c1-c1cccs1. The first-order chi connectivity index (χ1) is 14.4. The van der Waals surface area contributed by atoms with Gasteiger partial charge in [-0.25, -0.2) is 4.79 Å². The smallest absolute Gasteiger partial charge is 0.341 e. The molecule has 2 aromatic heterocycles. The topological polar surface area (TPSA) is 72.5 Å². The highest BCUT2D eigenvalue weighted by Gasteiger charge is 2.26. The van der Waals surface area contributed by atoms with E-state index in [4.69, 9.17) is 4.74 Å². The summed E-state index contributed by atoms with van der Waals surface area (Å²) in [5, 5.41) is 5.22. The molecule has 0 unspecified atom stereocenters. The first-order valence-corrected chi connectivity index (χ1v) is 11.3. The minimum atomic E-state index is -0.462. The van der Waals surface area contributed by atoms with Gasteiger partial charge < -0.3 is 10.1 Å². The van der Waals surface area contributed by atoms with E-state index in [2.05, 4.69) is 5.32 Å². The fourth-order valence-corrected chi connectivity index (χ4v) is 5.02. The van der Waals surface area contributed by atoms with Crippen LogP contribution in [0.3, 0.4) is 0 Å². The Bertz CT molecular complexity index is 1050. The Morgan fingerprint density at radius 2 is 1.77 bits per heavy atom. The predicted molar refractivity (Wildman–Crippen MR) is 122 cm³/mol. The van der Waals surface area contributed by atoms with Gasteiger partial charge in [-0.3, -0.25) is 9.59 Å². The van der Waals surface area contributed by atoms with Gasteiger partial charge in [-0.2, -0.15) is 0 Å². The Kier molecular flexibility index (Phi) is 7.18. The summed E-state index contributed by atoms with van der Waals surface area (Å²) in [5.41, 5.74) is 2.83. The minimum Gasteiger partial charge on any atom is -0.462 e. The number of rotatable bonds is 8. The van der Waals surface area contributed by atoms with Crippen LogP contribution in [0.4, 0.5) is 5.00 Å². The maximum absolute atomic E-state index is 12.6. The molecule has 0 aliphatic rings. The lowest BCUT2D eigenvalue weighted by molar-refractivity contribution is -0.116. The van der Waals surface area contributed by atoms with Gasteiger partial charge in [-0.15, -0.1) is 22.7 Å². The van der Waals surface area contributed by atoms with Crippen molar-refractivity contribution in [3.8, 4) is 10.4 Å². The van der Waals surface area contributed by atoms with Crippen LogP contribution in [0.2, 0.25) is 0 Å². The van der Waals surface area contributed by atoms with Gasteiger partial charge in [0.15, 0.2) is 5.78 Å². The van der Waals surface area contributed by atoms with Crippen LogP contribution in [-0.4, -0.2) is 24.3 Å². The first-order valence-electron chi connectivity index (χ1n) is 9.64. The summed E-state index contributed by atoms with van der Waals surface area (Å²) in [6.07, 6.45) is 0.145. The maximum atomic E-state index is 12.6. The lowest BCUT2D eigenvalue weighted by Crippen LogP contribution is -2.15. The number of nitrogens with one attached hydrogen (secondary N) is 1. The molecule has 3 rings (SSSR count). The quantitative estimate of drug-likeness (QED) is 0.350. The number of esters is 1. The van der Waals surface area contributed by atoms with Crippen LogP contribution in [0.5, 0.6) is 0 Å². The van der Waals surface area contributed by atoms with Crippen LogP contribution in [0.15, 0.2) is 41.8 Å². The molecular formula is C23H23NO4S2. The van der Waals surface area contributed by atoms with E-state index in [-0.39, 0.29) is 31.1 Å². The largest absolute Gasteiger partial charge is 0.462 e. The second-order valence-electron chi connectivity index (χ2n) is 6.77. The van der Waals surface area contributed by atoms with Crippen LogP contribution in [0.1, 0.15) is 50.9 Å². The van der Waals surface area contributed by atoms with Crippen LogP contribution in [-0.2, 0) is 9.53 Å². The highest BCUT2D eigenvalue weighted by Crippen LogP contribution is 2.42. The number of Topliss-reactive ketones (excluding diaryl/α,β-unsaturated/α-hetero) is 1. The number of ketones is 1. The molecule has 0 saturated heterocycles. The molecule has 0 atom stereocenters. The molecule has 7 heteroatoms. The third-order valence-corrected chi connectivity index (χ3v) is 6.45. The average molecular weight is 442 g/mol. The molecule has 0 radical (unpaired) electrons. The van der Waals surface area contributed by atoms with E-state index >= 15 is 0 Å². The minimum absolute atomic E-state index is 0.0419. The van der Waals surface area contributed by atoms with Crippen LogP contribution in [0.25, 0.3) is 10.4 Å². The van der Waals surface area contributed by atoms with Gasteiger partial charge in [0.05, 0.1) is 6.61 Å². The first kappa shape index (κ1) is 21.9.